The molecule has 0 radical (unpaired) electrons. The molecule has 0 saturated heterocycles. The highest BCUT2D eigenvalue weighted by Crippen LogP contribution is 2.26. The molecule has 1 fully saturated rings. The topological polar surface area (TPSA) is 45.7 Å². The Morgan fingerprint density at radius 2 is 2.24 bits per heavy atom. The molecule has 0 aliphatic heterocycles. The Morgan fingerprint density at radius 1 is 1.40 bits per heavy atom. The minimum absolute atomic E-state index is 0.232. The van der Waals surface area contributed by atoms with E-state index in [4.69, 9.17) is 4.74 Å². The number of thioether (sulfide) groups is 1. The van der Waals surface area contributed by atoms with E-state index in [0.29, 0.717) is 18.2 Å². The number of nitrogens with zero attached hydrogens (tertiary/aromatic N) is 1. The van der Waals surface area contributed by atoms with E-state index < -0.39 is 0 Å². The number of guanidine groups is 1. The van der Waals surface area contributed by atoms with Gasteiger partial charge >= 0.3 is 0 Å². The molecule has 0 aromatic heterocycles. The summed E-state index contributed by atoms with van der Waals surface area (Å²) in [5.41, 5.74) is 1.56. The van der Waals surface area contributed by atoms with Crippen LogP contribution in [0.4, 0.5) is 4.39 Å². The standard InChI is InChI=1S/C19H30FN3OS/c1-4-21-19(23-16-6-5-7-17(11-16)25-3)22-12-14-8-9-18(20)15(10-14)13-24-2/h8-10,16-17H,4-7,11-13H2,1-3H3,(H2,21,22,23). The SMILES string of the molecule is CCNC(=NCc1ccc(F)c(COC)c1)NC1CCCC(SC)C1. The zero-order chi connectivity index (χ0) is 18.1. The number of benzene rings is 1. The lowest BCUT2D eigenvalue weighted by Crippen LogP contribution is -2.45. The maximum atomic E-state index is 13.7. The van der Waals surface area contributed by atoms with E-state index in [-0.39, 0.29) is 12.4 Å². The highest BCUT2D eigenvalue weighted by atomic mass is 32.2. The Kier molecular flexibility index (Phi) is 8.55. The van der Waals surface area contributed by atoms with Gasteiger partial charge in [-0.1, -0.05) is 12.5 Å². The molecule has 1 aliphatic carbocycles. The van der Waals surface area contributed by atoms with Crippen molar-refractivity contribution in [2.24, 2.45) is 4.99 Å². The van der Waals surface area contributed by atoms with Crippen LogP contribution in [-0.4, -0.2) is 37.2 Å². The minimum atomic E-state index is -0.232. The van der Waals surface area contributed by atoms with Gasteiger partial charge in [0, 0.05) is 30.5 Å². The summed E-state index contributed by atoms with van der Waals surface area (Å²) in [6.45, 7) is 3.69. The molecule has 0 amide bonds. The number of nitrogens with one attached hydrogen (secondary N) is 2. The maximum absolute atomic E-state index is 13.7. The summed E-state index contributed by atoms with van der Waals surface area (Å²) in [5, 5.41) is 7.63. The van der Waals surface area contributed by atoms with Crippen molar-refractivity contribution in [1.29, 1.82) is 0 Å². The molecule has 6 heteroatoms. The summed E-state index contributed by atoms with van der Waals surface area (Å²) in [6.07, 6.45) is 7.14. The van der Waals surface area contributed by atoms with Gasteiger partial charge in [0.15, 0.2) is 5.96 Å². The lowest BCUT2D eigenvalue weighted by molar-refractivity contribution is 0.181. The zero-order valence-electron chi connectivity index (χ0n) is 15.5. The molecule has 1 aromatic rings. The largest absolute Gasteiger partial charge is 0.380 e. The van der Waals surface area contributed by atoms with Crippen LogP contribution in [-0.2, 0) is 17.9 Å². The van der Waals surface area contributed by atoms with E-state index in [0.717, 1.165) is 23.3 Å². The van der Waals surface area contributed by atoms with Gasteiger partial charge in [-0.3, -0.25) is 0 Å². The van der Waals surface area contributed by atoms with E-state index in [9.17, 15) is 4.39 Å². The first-order valence-corrected chi connectivity index (χ1v) is 10.3. The molecule has 2 N–H and O–H groups in total. The molecule has 25 heavy (non-hydrogen) atoms. The third-order valence-electron chi connectivity index (χ3n) is 4.47. The van der Waals surface area contributed by atoms with E-state index in [1.54, 1.807) is 13.2 Å². The summed E-state index contributed by atoms with van der Waals surface area (Å²) in [7, 11) is 1.57. The van der Waals surface area contributed by atoms with Crippen LogP contribution in [0.5, 0.6) is 0 Å². The maximum Gasteiger partial charge on any atom is 0.191 e. The number of hydrogen-bond donors (Lipinski definition) is 2. The van der Waals surface area contributed by atoms with Crippen molar-refractivity contribution in [3.8, 4) is 0 Å². The number of methoxy groups -OCH3 is 1. The highest BCUT2D eigenvalue weighted by Gasteiger charge is 2.21. The molecule has 140 valence electrons. The third-order valence-corrected chi connectivity index (χ3v) is 5.57. The van der Waals surface area contributed by atoms with E-state index in [2.05, 4.69) is 28.8 Å². The van der Waals surface area contributed by atoms with Crippen LogP contribution in [0.3, 0.4) is 0 Å². The molecule has 2 rings (SSSR count). The van der Waals surface area contributed by atoms with Crippen molar-refractivity contribution in [3.05, 3.63) is 35.1 Å². The van der Waals surface area contributed by atoms with Crippen LogP contribution in [0.1, 0.15) is 43.7 Å². The van der Waals surface area contributed by atoms with Gasteiger partial charge in [-0.15, -0.1) is 0 Å². The number of ether oxygens (including phenoxy) is 1. The smallest absolute Gasteiger partial charge is 0.191 e. The van der Waals surface area contributed by atoms with Gasteiger partial charge < -0.3 is 15.4 Å². The fourth-order valence-electron chi connectivity index (χ4n) is 3.17. The summed E-state index contributed by atoms with van der Waals surface area (Å²) in [5.74, 6) is 0.608. The van der Waals surface area contributed by atoms with Crippen LogP contribution >= 0.6 is 11.8 Å². The Balaban J connectivity index is 2.00. The van der Waals surface area contributed by atoms with Crippen LogP contribution in [0.15, 0.2) is 23.2 Å². The van der Waals surface area contributed by atoms with Crippen LogP contribution in [0.2, 0.25) is 0 Å². The summed E-state index contributed by atoms with van der Waals surface area (Å²) < 4.78 is 18.8. The molecule has 1 aromatic carbocycles. The first kappa shape index (κ1) is 20.0. The van der Waals surface area contributed by atoms with Gasteiger partial charge in [0.2, 0.25) is 0 Å². The first-order chi connectivity index (χ1) is 12.2. The van der Waals surface area contributed by atoms with Gasteiger partial charge in [-0.25, -0.2) is 9.38 Å². The Hall–Kier alpha value is -1.27. The predicted molar refractivity (Wildman–Crippen MR) is 105 cm³/mol. The summed E-state index contributed by atoms with van der Waals surface area (Å²) in [4.78, 5) is 4.68. The fourth-order valence-corrected chi connectivity index (χ4v) is 3.99. The average molecular weight is 368 g/mol. The van der Waals surface area contributed by atoms with E-state index in [1.807, 2.05) is 17.8 Å². The number of rotatable bonds is 7. The van der Waals surface area contributed by atoms with Gasteiger partial charge in [0.25, 0.3) is 0 Å². The van der Waals surface area contributed by atoms with Crippen molar-refractivity contribution in [2.45, 2.75) is 57.1 Å². The molecule has 0 spiro atoms. The summed E-state index contributed by atoms with van der Waals surface area (Å²) in [6, 6.07) is 5.58. The van der Waals surface area contributed by atoms with E-state index >= 15 is 0 Å². The van der Waals surface area contributed by atoms with Crippen molar-refractivity contribution >= 4 is 17.7 Å². The normalized spacial score (nSPS) is 21.2. The minimum Gasteiger partial charge on any atom is -0.380 e. The van der Waals surface area contributed by atoms with Crippen molar-refractivity contribution in [1.82, 2.24) is 10.6 Å². The van der Waals surface area contributed by atoms with Crippen LogP contribution < -0.4 is 10.6 Å². The molecule has 0 heterocycles. The fraction of sp³-hybridized carbons (Fsp3) is 0.632. The van der Waals surface area contributed by atoms with Crippen molar-refractivity contribution in [2.75, 3.05) is 19.9 Å². The third kappa shape index (κ3) is 6.51. The second kappa shape index (κ2) is 10.7. The van der Waals surface area contributed by atoms with Gasteiger partial charge in [-0.05, 0) is 50.1 Å². The lowest BCUT2D eigenvalue weighted by atomic mass is 9.95. The molecular weight excluding hydrogens is 337 g/mol. The zero-order valence-corrected chi connectivity index (χ0v) is 16.3. The number of aliphatic imine (C=N–C) groups is 1. The molecule has 1 aliphatic rings. The Bertz CT molecular complexity index is 568. The highest BCUT2D eigenvalue weighted by molar-refractivity contribution is 7.99. The predicted octanol–water partition coefficient (Wildman–Crippen LogP) is 3.70. The molecule has 2 unspecified atom stereocenters. The lowest BCUT2D eigenvalue weighted by Gasteiger charge is -2.29. The van der Waals surface area contributed by atoms with Gasteiger partial charge in [-0.2, -0.15) is 11.8 Å². The van der Waals surface area contributed by atoms with Crippen LogP contribution in [0, 0.1) is 5.82 Å². The Morgan fingerprint density at radius 3 is 2.96 bits per heavy atom. The summed E-state index contributed by atoms with van der Waals surface area (Å²) >= 11 is 1.96. The number of hydrogen-bond acceptors (Lipinski definition) is 3. The molecule has 0 bridgehead atoms. The average Bonchev–Trinajstić information content (AvgIpc) is 2.62. The molecule has 1 saturated carbocycles. The number of halogens is 1. The molecular formula is C19H30FN3OS. The molecule has 2 atom stereocenters. The quantitative estimate of drug-likeness (QED) is 0.570. The second-order valence-electron chi connectivity index (χ2n) is 6.42. The first-order valence-electron chi connectivity index (χ1n) is 9.00. The Labute approximate surface area is 155 Å². The van der Waals surface area contributed by atoms with Gasteiger partial charge in [0.1, 0.15) is 5.82 Å². The van der Waals surface area contributed by atoms with E-state index in [1.165, 1.54) is 31.7 Å². The van der Waals surface area contributed by atoms with Crippen LogP contribution in [0.25, 0.3) is 0 Å². The second-order valence-corrected chi connectivity index (χ2v) is 7.56. The van der Waals surface area contributed by atoms with Gasteiger partial charge in [0.05, 0.1) is 13.2 Å². The van der Waals surface area contributed by atoms with Crippen molar-refractivity contribution in [3.63, 3.8) is 0 Å². The monoisotopic (exact) mass is 367 g/mol. The van der Waals surface area contributed by atoms with Crippen molar-refractivity contribution < 1.29 is 9.13 Å². The molecule has 4 nitrogen and oxygen atoms in total.